The van der Waals surface area contributed by atoms with Gasteiger partial charge in [0.2, 0.25) is 0 Å². The van der Waals surface area contributed by atoms with Gasteiger partial charge in [0.25, 0.3) is 0 Å². The number of hydrogen-bond donors (Lipinski definition) is 0. The molecule has 0 saturated carbocycles. The first-order valence-corrected chi connectivity index (χ1v) is 10.7. The number of rotatable bonds is 6. The van der Waals surface area contributed by atoms with Gasteiger partial charge in [-0.1, -0.05) is 44.0 Å². The molecule has 1 aliphatic heterocycles. The Balaban J connectivity index is 1.70. The van der Waals surface area contributed by atoms with E-state index in [-0.39, 0.29) is 0 Å². The molecule has 0 fully saturated rings. The summed E-state index contributed by atoms with van der Waals surface area (Å²) >= 11 is 0. The minimum atomic E-state index is 0.938. The van der Waals surface area contributed by atoms with Crippen molar-refractivity contribution >= 4 is 10.9 Å². The molecule has 0 spiro atoms. The first-order chi connectivity index (χ1) is 14.4. The summed E-state index contributed by atoms with van der Waals surface area (Å²) in [7, 11) is 0. The van der Waals surface area contributed by atoms with Crippen LogP contribution in [-0.4, -0.2) is 19.7 Å². The third kappa shape index (κ3) is 3.23. The molecule has 29 heavy (non-hydrogen) atoms. The van der Waals surface area contributed by atoms with E-state index in [0.717, 1.165) is 42.7 Å². The number of pyridine rings is 2. The molecular weight excluding hydrogens is 356 g/mol. The fourth-order valence-electron chi connectivity index (χ4n) is 4.52. The van der Waals surface area contributed by atoms with Gasteiger partial charge in [-0.25, -0.2) is 0 Å². The number of para-hydroxylation sites is 1. The van der Waals surface area contributed by atoms with Gasteiger partial charge in [0.05, 0.1) is 11.2 Å². The average molecular weight is 383 g/mol. The fourth-order valence-corrected chi connectivity index (χ4v) is 4.52. The molecule has 0 amide bonds. The molecule has 0 atom stereocenters. The van der Waals surface area contributed by atoms with Crippen molar-refractivity contribution in [1.29, 1.82) is 0 Å². The Hall–Kier alpha value is -3.01. The van der Waals surface area contributed by atoms with Gasteiger partial charge in [-0.05, 0) is 55.0 Å². The Morgan fingerprint density at radius 2 is 1.93 bits per heavy atom. The first-order valence-electron chi connectivity index (χ1n) is 10.7. The van der Waals surface area contributed by atoms with Crippen molar-refractivity contribution in [2.75, 3.05) is 0 Å². The van der Waals surface area contributed by atoms with Crippen LogP contribution >= 0.6 is 0 Å². The van der Waals surface area contributed by atoms with Gasteiger partial charge in [0.1, 0.15) is 5.69 Å². The molecule has 4 heteroatoms. The maximum atomic E-state index is 4.96. The molecule has 4 nitrogen and oxygen atoms in total. The van der Waals surface area contributed by atoms with Crippen LogP contribution in [-0.2, 0) is 19.4 Å². The van der Waals surface area contributed by atoms with Crippen molar-refractivity contribution in [1.82, 2.24) is 19.7 Å². The Morgan fingerprint density at radius 3 is 2.79 bits per heavy atom. The molecule has 0 radical (unpaired) electrons. The summed E-state index contributed by atoms with van der Waals surface area (Å²) in [5.41, 5.74) is 8.20. The van der Waals surface area contributed by atoms with Crippen molar-refractivity contribution in [2.45, 2.75) is 52.0 Å². The third-order valence-corrected chi connectivity index (χ3v) is 5.92. The van der Waals surface area contributed by atoms with Crippen LogP contribution in [0.1, 0.15) is 43.9 Å². The van der Waals surface area contributed by atoms with Crippen molar-refractivity contribution in [3.8, 4) is 22.5 Å². The lowest BCUT2D eigenvalue weighted by Crippen LogP contribution is -1.94. The molecule has 0 bridgehead atoms. The van der Waals surface area contributed by atoms with E-state index in [4.69, 9.17) is 10.1 Å². The van der Waals surface area contributed by atoms with E-state index in [1.54, 1.807) is 0 Å². The quantitative estimate of drug-likeness (QED) is 0.394. The van der Waals surface area contributed by atoms with Crippen LogP contribution in [0.25, 0.3) is 33.4 Å². The van der Waals surface area contributed by atoms with E-state index in [2.05, 4.69) is 46.9 Å². The molecule has 0 aliphatic carbocycles. The zero-order valence-corrected chi connectivity index (χ0v) is 16.9. The number of aromatic nitrogens is 4. The summed E-state index contributed by atoms with van der Waals surface area (Å²) in [4.78, 5) is 9.39. The largest absolute Gasteiger partial charge is 0.268 e. The number of unbranched alkanes of at least 4 members (excludes halogenated alkanes) is 2. The molecular formula is C25H26N4. The molecule has 5 rings (SSSR count). The van der Waals surface area contributed by atoms with E-state index in [1.807, 2.05) is 24.5 Å². The number of benzene rings is 1. The van der Waals surface area contributed by atoms with E-state index < -0.39 is 0 Å². The lowest BCUT2D eigenvalue weighted by Gasteiger charge is -2.11. The first kappa shape index (κ1) is 18.0. The van der Waals surface area contributed by atoms with E-state index in [1.165, 1.54) is 47.0 Å². The molecule has 0 N–H and O–H groups in total. The summed E-state index contributed by atoms with van der Waals surface area (Å²) < 4.78 is 2.18. The van der Waals surface area contributed by atoms with Gasteiger partial charge in [0, 0.05) is 35.6 Å². The fraction of sp³-hybridized carbons (Fsp3) is 0.320. The van der Waals surface area contributed by atoms with Crippen LogP contribution < -0.4 is 0 Å². The van der Waals surface area contributed by atoms with E-state index in [9.17, 15) is 0 Å². The maximum absolute atomic E-state index is 4.96. The average Bonchev–Trinajstić information content (AvgIpc) is 3.36. The Labute approximate surface area is 171 Å². The summed E-state index contributed by atoms with van der Waals surface area (Å²) in [5, 5.41) is 6.18. The third-order valence-electron chi connectivity index (χ3n) is 5.92. The SMILES string of the molecule is CCCCCc1cccc2c(-c3c(-c4ccccn4)nn4c3CCC4)ccnc12. The number of fused-ring (bicyclic) bond motifs is 2. The van der Waals surface area contributed by atoms with Gasteiger partial charge < -0.3 is 0 Å². The Kier molecular flexibility index (Phi) is 4.84. The van der Waals surface area contributed by atoms with Crippen molar-refractivity contribution < 1.29 is 0 Å². The van der Waals surface area contributed by atoms with Gasteiger partial charge >= 0.3 is 0 Å². The molecule has 1 aromatic carbocycles. The minimum Gasteiger partial charge on any atom is -0.268 e. The van der Waals surface area contributed by atoms with E-state index in [0.29, 0.717) is 0 Å². The molecule has 4 heterocycles. The second-order valence-electron chi connectivity index (χ2n) is 7.84. The van der Waals surface area contributed by atoms with Crippen LogP contribution in [0.4, 0.5) is 0 Å². The summed E-state index contributed by atoms with van der Waals surface area (Å²) in [6.45, 7) is 3.24. The standard InChI is InChI=1S/C25H26N4/c1-2-3-4-9-18-10-7-11-20-19(14-16-27-24(18)20)23-22-13-8-17-29(22)28-25(23)21-12-5-6-15-26-21/h5-7,10-12,14-16H,2-4,8-9,13,17H2,1H3. The van der Waals surface area contributed by atoms with Gasteiger partial charge in [-0.2, -0.15) is 5.10 Å². The Bertz CT molecular complexity index is 1140. The highest BCUT2D eigenvalue weighted by atomic mass is 15.3. The zero-order valence-electron chi connectivity index (χ0n) is 16.9. The number of hydrogen-bond acceptors (Lipinski definition) is 3. The highest BCUT2D eigenvalue weighted by molar-refractivity contribution is 5.99. The monoisotopic (exact) mass is 382 g/mol. The van der Waals surface area contributed by atoms with Crippen molar-refractivity contribution in [3.63, 3.8) is 0 Å². The molecule has 4 aromatic rings. The summed E-state index contributed by atoms with van der Waals surface area (Å²) in [6, 6.07) is 14.8. The van der Waals surface area contributed by atoms with Crippen molar-refractivity contribution in [2.24, 2.45) is 0 Å². The second-order valence-corrected chi connectivity index (χ2v) is 7.84. The zero-order chi connectivity index (χ0) is 19.6. The normalized spacial score (nSPS) is 13.1. The summed E-state index contributed by atoms with van der Waals surface area (Å²) in [6.07, 6.45) is 10.8. The smallest absolute Gasteiger partial charge is 0.119 e. The number of nitrogens with zero attached hydrogens (tertiary/aromatic N) is 4. The second kappa shape index (κ2) is 7.78. The Morgan fingerprint density at radius 1 is 0.966 bits per heavy atom. The van der Waals surface area contributed by atoms with Crippen LogP contribution in [0.2, 0.25) is 0 Å². The molecule has 3 aromatic heterocycles. The van der Waals surface area contributed by atoms with Crippen molar-refractivity contribution in [3.05, 3.63) is 66.1 Å². The highest BCUT2D eigenvalue weighted by Crippen LogP contribution is 2.40. The van der Waals surface area contributed by atoms with Crippen LogP contribution in [0.5, 0.6) is 0 Å². The van der Waals surface area contributed by atoms with Crippen LogP contribution in [0.3, 0.4) is 0 Å². The summed E-state index contributed by atoms with van der Waals surface area (Å²) in [5.74, 6) is 0. The van der Waals surface area contributed by atoms with E-state index >= 15 is 0 Å². The molecule has 0 unspecified atom stereocenters. The van der Waals surface area contributed by atoms with Gasteiger partial charge in [-0.15, -0.1) is 0 Å². The highest BCUT2D eigenvalue weighted by Gasteiger charge is 2.25. The lowest BCUT2D eigenvalue weighted by molar-refractivity contribution is 0.658. The predicted molar refractivity (Wildman–Crippen MR) is 118 cm³/mol. The van der Waals surface area contributed by atoms with Gasteiger partial charge in [0.15, 0.2) is 0 Å². The molecule has 0 saturated heterocycles. The lowest BCUT2D eigenvalue weighted by atomic mass is 9.94. The van der Waals surface area contributed by atoms with Crippen LogP contribution in [0.15, 0.2) is 54.9 Å². The minimum absolute atomic E-state index is 0.938. The number of aryl methyl sites for hydroxylation is 2. The van der Waals surface area contributed by atoms with Gasteiger partial charge in [-0.3, -0.25) is 14.6 Å². The molecule has 146 valence electrons. The topological polar surface area (TPSA) is 43.6 Å². The van der Waals surface area contributed by atoms with Crippen LogP contribution in [0, 0.1) is 0 Å². The predicted octanol–water partition coefficient (Wildman–Crippen LogP) is 5.84. The maximum Gasteiger partial charge on any atom is 0.119 e. The molecule has 1 aliphatic rings.